The third-order valence-electron chi connectivity index (χ3n) is 7.54. The molecule has 9 nitrogen and oxygen atoms in total. The molecule has 1 amide bonds. The second-order valence-electron chi connectivity index (χ2n) is 10.3. The zero-order valence-corrected chi connectivity index (χ0v) is 22.6. The lowest BCUT2D eigenvalue weighted by molar-refractivity contribution is 0.0813. The van der Waals surface area contributed by atoms with Gasteiger partial charge in [-0.2, -0.15) is 5.10 Å². The minimum absolute atomic E-state index is 0.0788. The maximum Gasteiger partial charge on any atom is 0.257 e. The molecule has 1 saturated carbocycles. The van der Waals surface area contributed by atoms with Crippen LogP contribution in [0.3, 0.4) is 0 Å². The third kappa shape index (κ3) is 5.92. The van der Waals surface area contributed by atoms with Gasteiger partial charge in [0.15, 0.2) is 5.78 Å². The number of ketones is 1. The van der Waals surface area contributed by atoms with Crippen molar-refractivity contribution in [2.24, 2.45) is 13.0 Å². The molecule has 0 bridgehead atoms. The summed E-state index contributed by atoms with van der Waals surface area (Å²) in [5, 5.41) is 14.4. The Kier molecular flexibility index (Phi) is 7.86. The Bertz CT molecular complexity index is 1410. The standard InChI is InChI=1S/C30H34N6O3/c1-19-16-32-36(3)28(19)23-12-15-26(31-17-23)33-24-13-10-22(11-14-24)29(37)27(21-8-6-4-5-7-9-21)34-30(38)25-18-39-35-20(25)2/h10-18,21,27H,4-9H2,1-3H3,(H,31,33)(H,34,38)/t27-/m0/s1. The van der Waals surface area contributed by atoms with Crippen molar-refractivity contribution in [2.45, 2.75) is 58.4 Å². The van der Waals surface area contributed by atoms with Gasteiger partial charge in [-0.15, -0.1) is 0 Å². The minimum Gasteiger partial charge on any atom is -0.364 e. The summed E-state index contributed by atoms with van der Waals surface area (Å²) in [4.78, 5) is 31.3. The van der Waals surface area contributed by atoms with Crippen molar-refractivity contribution < 1.29 is 14.1 Å². The van der Waals surface area contributed by atoms with Gasteiger partial charge < -0.3 is 15.2 Å². The average Bonchev–Trinajstić information content (AvgIpc) is 3.40. The smallest absolute Gasteiger partial charge is 0.257 e. The van der Waals surface area contributed by atoms with Gasteiger partial charge in [0.1, 0.15) is 17.6 Å². The summed E-state index contributed by atoms with van der Waals surface area (Å²) in [5.74, 6) is 0.383. The molecule has 1 aliphatic rings. The monoisotopic (exact) mass is 526 g/mol. The molecule has 0 aliphatic heterocycles. The van der Waals surface area contributed by atoms with Crippen LogP contribution in [0.25, 0.3) is 11.3 Å². The third-order valence-corrected chi connectivity index (χ3v) is 7.54. The normalized spacial score (nSPS) is 14.9. The van der Waals surface area contributed by atoms with Crippen LogP contribution >= 0.6 is 0 Å². The van der Waals surface area contributed by atoms with Crippen molar-refractivity contribution in [1.82, 2.24) is 25.2 Å². The van der Waals surface area contributed by atoms with E-state index in [0.717, 1.165) is 61.0 Å². The first kappa shape index (κ1) is 26.3. The maximum absolute atomic E-state index is 13.7. The van der Waals surface area contributed by atoms with E-state index in [2.05, 4.69) is 25.9 Å². The van der Waals surface area contributed by atoms with E-state index in [-0.39, 0.29) is 17.6 Å². The summed E-state index contributed by atoms with van der Waals surface area (Å²) >= 11 is 0. The number of Topliss-reactive ketones (excluding diaryl/α,β-unsaturated/α-hetero) is 1. The Morgan fingerprint density at radius 2 is 1.74 bits per heavy atom. The van der Waals surface area contributed by atoms with Crippen molar-refractivity contribution in [3.63, 3.8) is 0 Å². The number of carbonyl (C=O) groups excluding carboxylic acids is 2. The molecule has 2 N–H and O–H groups in total. The number of aryl methyl sites for hydroxylation is 3. The Hall–Kier alpha value is -4.27. The molecule has 0 radical (unpaired) electrons. The number of pyridine rings is 1. The van der Waals surface area contributed by atoms with Gasteiger partial charge >= 0.3 is 0 Å². The van der Waals surface area contributed by atoms with Crippen LogP contribution in [0.2, 0.25) is 0 Å². The molecule has 1 aliphatic carbocycles. The van der Waals surface area contributed by atoms with Gasteiger partial charge in [0.05, 0.1) is 23.6 Å². The molecule has 0 unspecified atom stereocenters. The van der Waals surface area contributed by atoms with E-state index in [4.69, 9.17) is 4.52 Å². The van der Waals surface area contributed by atoms with Crippen LogP contribution < -0.4 is 10.6 Å². The van der Waals surface area contributed by atoms with Crippen LogP contribution in [0.4, 0.5) is 11.5 Å². The summed E-state index contributed by atoms with van der Waals surface area (Å²) in [6.07, 6.45) is 11.3. The summed E-state index contributed by atoms with van der Waals surface area (Å²) in [6.45, 7) is 3.74. The highest BCUT2D eigenvalue weighted by molar-refractivity contribution is 6.04. The molecule has 1 fully saturated rings. The number of hydrogen-bond donors (Lipinski definition) is 2. The predicted octanol–water partition coefficient (Wildman–Crippen LogP) is 5.78. The summed E-state index contributed by atoms with van der Waals surface area (Å²) in [6, 6.07) is 10.7. The van der Waals surface area contributed by atoms with Gasteiger partial charge in [-0.1, -0.05) is 30.8 Å². The van der Waals surface area contributed by atoms with E-state index in [1.54, 1.807) is 19.1 Å². The van der Waals surface area contributed by atoms with Crippen LogP contribution in [0.15, 0.2) is 59.6 Å². The molecule has 0 saturated heterocycles. The van der Waals surface area contributed by atoms with Gasteiger partial charge in [-0.3, -0.25) is 14.3 Å². The fourth-order valence-corrected chi connectivity index (χ4v) is 5.39. The number of hydrogen-bond acceptors (Lipinski definition) is 7. The van der Waals surface area contributed by atoms with Crippen molar-refractivity contribution >= 4 is 23.2 Å². The fourth-order valence-electron chi connectivity index (χ4n) is 5.39. The molecule has 1 atom stereocenters. The number of benzene rings is 1. The highest BCUT2D eigenvalue weighted by atomic mass is 16.5. The van der Waals surface area contributed by atoms with Crippen molar-refractivity contribution in [3.8, 4) is 11.3 Å². The van der Waals surface area contributed by atoms with Crippen molar-refractivity contribution in [2.75, 3.05) is 5.32 Å². The average molecular weight is 527 g/mol. The Labute approximate surface area is 228 Å². The number of carbonyl (C=O) groups is 2. The lowest BCUT2D eigenvalue weighted by Crippen LogP contribution is -2.46. The number of amides is 1. The summed E-state index contributed by atoms with van der Waals surface area (Å²) in [7, 11) is 1.92. The van der Waals surface area contributed by atoms with Crippen LogP contribution in [0, 0.1) is 19.8 Å². The Balaban J connectivity index is 1.30. The quantitative estimate of drug-likeness (QED) is 0.221. The number of aromatic nitrogens is 4. The van der Waals surface area contributed by atoms with Crippen LogP contribution in [0.1, 0.15) is 70.5 Å². The van der Waals surface area contributed by atoms with Crippen molar-refractivity contribution in [3.05, 3.63) is 77.4 Å². The van der Waals surface area contributed by atoms with Gasteiger partial charge in [0.2, 0.25) is 0 Å². The lowest BCUT2D eigenvalue weighted by Gasteiger charge is -2.26. The number of anilines is 2. The highest BCUT2D eigenvalue weighted by Gasteiger charge is 2.32. The van der Waals surface area contributed by atoms with E-state index >= 15 is 0 Å². The molecule has 39 heavy (non-hydrogen) atoms. The molecule has 9 heteroatoms. The largest absolute Gasteiger partial charge is 0.364 e. The van der Waals surface area contributed by atoms with Gasteiger partial charge in [0.25, 0.3) is 5.91 Å². The van der Waals surface area contributed by atoms with Gasteiger partial charge in [-0.25, -0.2) is 4.98 Å². The second kappa shape index (κ2) is 11.6. The number of rotatable bonds is 8. The predicted molar refractivity (Wildman–Crippen MR) is 149 cm³/mol. The first-order valence-corrected chi connectivity index (χ1v) is 13.5. The van der Waals surface area contributed by atoms with E-state index in [0.29, 0.717) is 22.6 Å². The molecule has 3 aromatic heterocycles. The first-order valence-electron chi connectivity index (χ1n) is 13.5. The minimum atomic E-state index is -0.603. The van der Waals surface area contributed by atoms with E-state index in [9.17, 15) is 9.59 Å². The maximum atomic E-state index is 13.7. The van der Waals surface area contributed by atoms with Crippen LogP contribution in [0.5, 0.6) is 0 Å². The number of nitrogens with zero attached hydrogens (tertiary/aromatic N) is 4. The zero-order valence-electron chi connectivity index (χ0n) is 22.6. The van der Waals surface area contributed by atoms with Crippen molar-refractivity contribution in [1.29, 1.82) is 0 Å². The van der Waals surface area contributed by atoms with Crippen LogP contribution in [-0.2, 0) is 7.05 Å². The number of nitrogens with one attached hydrogen (secondary N) is 2. The summed E-state index contributed by atoms with van der Waals surface area (Å²) in [5.41, 5.74) is 5.37. The van der Waals surface area contributed by atoms with E-state index < -0.39 is 6.04 Å². The first-order chi connectivity index (χ1) is 18.9. The topological polar surface area (TPSA) is 115 Å². The molecule has 0 spiro atoms. The molecule has 1 aromatic carbocycles. The molecule has 202 valence electrons. The highest BCUT2D eigenvalue weighted by Crippen LogP contribution is 2.29. The lowest BCUT2D eigenvalue weighted by atomic mass is 9.86. The fraction of sp³-hybridized carbons (Fsp3) is 0.367. The van der Waals surface area contributed by atoms with Gasteiger partial charge in [-0.05, 0) is 74.6 Å². The SMILES string of the molecule is Cc1cnn(C)c1-c1ccc(Nc2ccc(C(=O)[C@@H](NC(=O)c3conc3C)C3CCCCCC3)cc2)nc1. The molecule has 3 heterocycles. The second-order valence-corrected chi connectivity index (χ2v) is 10.3. The molecule has 4 aromatic rings. The Morgan fingerprint density at radius 1 is 1.00 bits per heavy atom. The van der Waals surface area contributed by atoms with E-state index in [1.807, 2.05) is 55.3 Å². The van der Waals surface area contributed by atoms with Crippen LogP contribution in [-0.4, -0.2) is 37.7 Å². The zero-order chi connectivity index (χ0) is 27.4. The summed E-state index contributed by atoms with van der Waals surface area (Å²) < 4.78 is 6.79. The Morgan fingerprint density at radius 3 is 2.33 bits per heavy atom. The van der Waals surface area contributed by atoms with Gasteiger partial charge in [0, 0.05) is 30.1 Å². The molecule has 5 rings (SSSR count). The van der Waals surface area contributed by atoms with E-state index in [1.165, 1.54) is 6.26 Å². The molecular formula is C30H34N6O3. The molecular weight excluding hydrogens is 492 g/mol.